The van der Waals surface area contributed by atoms with E-state index in [1.807, 2.05) is 0 Å². The molecule has 4 aromatic rings. The van der Waals surface area contributed by atoms with Crippen molar-refractivity contribution in [1.82, 2.24) is 9.46 Å². The van der Waals surface area contributed by atoms with Crippen molar-refractivity contribution >= 4 is 20.2 Å². The molecule has 272 valence electrons. The van der Waals surface area contributed by atoms with E-state index >= 15 is 0 Å². The summed E-state index contributed by atoms with van der Waals surface area (Å²) in [6, 6.07) is -2.04. The van der Waals surface area contributed by atoms with Crippen LogP contribution in [0.5, 0.6) is 23.5 Å². The Morgan fingerprint density at radius 3 is 0.800 bits per heavy atom. The summed E-state index contributed by atoms with van der Waals surface area (Å²) in [7, 11) is -11.7. The van der Waals surface area contributed by atoms with E-state index in [0.717, 1.165) is 0 Å². The van der Waals surface area contributed by atoms with Crippen LogP contribution in [-0.4, -0.2) is 46.7 Å². The summed E-state index contributed by atoms with van der Waals surface area (Å²) in [6.45, 7) is 0. The normalized spacial score (nSPS) is 13.8. The minimum absolute atomic E-state index is 0.293. The second kappa shape index (κ2) is 10.7. The van der Waals surface area contributed by atoms with Gasteiger partial charge in [-0.2, -0.15) is 69.5 Å². The van der Waals surface area contributed by atoms with Crippen molar-refractivity contribution in [3.63, 3.8) is 0 Å². The van der Waals surface area contributed by atoms with Crippen molar-refractivity contribution in [3.8, 4) is 45.8 Å². The molecular formula is C24H10F12N2O10S2. The van der Waals surface area contributed by atoms with Gasteiger partial charge in [-0.25, -0.2) is 0 Å². The molecule has 0 saturated heterocycles. The number of halogens is 12. The second-order valence-corrected chi connectivity index (χ2v) is 13.0. The van der Waals surface area contributed by atoms with Crippen LogP contribution < -0.4 is 8.57 Å². The predicted octanol–water partition coefficient (Wildman–Crippen LogP) is 5.47. The Labute approximate surface area is 267 Å². The molecule has 1 aliphatic carbocycles. The molecule has 0 aliphatic heterocycles. The molecule has 0 atom stereocenters. The summed E-state index contributed by atoms with van der Waals surface area (Å²) in [5, 5.41) is 42.0. The molecular weight excluding hydrogens is 768 g/mol. The average Bonchev–Trinajstić information content (AvgIpc) is 3.25. The first-order valence-electron chi connectivity index (χ1n) is 12.3. The lowest BCUT2D eigenvalue weighted by molar-refractivity contribution is -0.145. The van der Waals surface area contributed by atoms with E-state index < -0.39 is 144 Å². The quantitative estimate of drug-likeness (QED) is 0.162. The molecule has 50 heavy (non-hydrogen) atoms. The van der Waals surface area contributed by atoms with Gasteiger partial charge in [-0.1, -0.05) is 9.46 Å². The predicted molar refractivity (Wildman–Crippen MR) is 134 cm³/mol. The van der Waals surface area contributed by atoms with Gasteiger partial charge in [0.1, 0.15) is 9.79 Å². The van der Waals surface area contributed by atoms with Crippen LogP contribution in [0.3, 0.4) is 0 Å². The molecule has 0 saturated carbocycles. The maximum atomic E-state index is 13.2. The standard InChI is InChI=1S/C24H10F12N2O10S2/c25-21(26,27)7-1-8(22(28,29)30)4-11(3-7)49(43,44)47-37-17(39)13-14(18(37)40)16-15(13)19(41)38(20(16)42)48-50(45,46)12-5-9(23(31,32)33)2-10(6-12)24(34,35)36/h1-6,39-42H. The summed E-state index contributed by atoms with van der Waals surface area (Å²) in [5.74, 6) is -6.45. The van der Waals surface area contributed by atoms with E-state index in [9.17, 15) is 89.9 Å². The van der Waals surface area contributed by atoms with Gasteiger partial charge in [0.05, 0.1) is 44.5 Å². The van der Waals surface area contributed by atoms with Gasteiger partial charge in [-0.05, 0) is 36.4 Å². The smallest absolute Gasteiger partial charge is 0.416 e. The zero-order valence-electron chi connectivity index (χ0n) is 22.9. The third kappa shape index (κ3) is 5.90. The lowest BCUT2D eigenvalue weighted by Crippen LogP contribution is -2.22. The maximum Gasteiger partial charge on any atom is 0.416 e. The minimum Gasteiger partial charge on any atom is -0.492 e. The van der Waals surface area contributed by atoms with Crippen molar-refractivity contribution in [1.29, 1.82) is 0 Å². The monoisotopic (exact) mass is 778 g/mol. The Morgan fingerprint density at radius 2 is 0.620 bits per heavy atom. The van der Waals surface area contributed by atoms with E-state index in [0.29, 0.717) is 0 Å². The Bertz CT molecular complexity index is 2010. The van der Waals surface area contributed by atoms with Crippen LogP contribution >= 0.6 is 0 Å². The number of benzene rings is 2. The number of nitrogens with zero attached hydrogens (tertiary/aromatic N) is 2. The van der Waals surface area contributed by atoms with E-state index in [-0.39, 0.29) is 24.3 Å². The lowest BCUT2D eigenvalue weighted by Gasteiger charge is -2.15. The number of alkyl halides is 12. The fourth-order valence-electron chi connectivity index (χ4n) is 4.50. The Balaban J connectivity index is 1.54. The molecule has 4 N–H and O–H groups in total. The molecule has 2 heterocycles. The highest BCUT2D eigenvalue weighted by Crippen LogP contribution is 2.64. The van der Waals surface area contributed by atoms with Gasteiger partial charge < -0.3 is 20.4 Å². The van der Waals surface area contributed by atoms with Gasteiger partial charge >= 0.3 is 44.9 Å². The van der Waals surface area contributed by atoms with E-state index in [4.69, 9.17) is 0 Å². The molecule has 12 nitrogen and oxygen atoms in total. The minimum atomic E-state index is -5.83. The molecule has 1 aliphatic rings. The van der Waals surface area contributed by atoms with Crippen LogP contribution in [0.25, 0.3) is 22.3 Å². The molecule has 0 unspecified atom stereocenters. The number of hydrogen-bond donors (Lipinski definition) is 4. The Morgan fingerprint density at radius 1 is 0.420 bits per heavy atom. The van der Waals surface area contributed by atoms with E-state index in [1.165, 1.54) is 0 Å². The first-order chi connectivity index (χ1) is 22.5. The number of fused-ring (bicyclic) bond motifs is 4. The van der Waals surface area contributed by atoms with Crippen LogP contribution in [0, 0.1) is 0 Å². The molecule has 2 aromatic carbocycles. The van der Waals surface area contributed by atoms with Crippen molar-refractivity contribution < 1.29 is 98.5 Å². The van der Waals surface area contributed by atoms with Crippen LogP contribution in [-0.2, 0) is 44.9 Å². The Kier molecular flexibility index (Phi) is 7.72. The highest BCUT2D eigenvalue weighted by Gasteiger charge is 2.47. The molecule has 0 spiro atoms. The summed E-state index contributed by atoms with van der Waals surface area (Å²) in [5.41, 5.74) is -12.2. The summed E-state index contributed by atoms with van der Waals surface area (Å²) >= 11 is 0. The summed E-state index contributed by atoms with van der Waals surface area (Å²) in [6.07, 6.45) is -22.1. The SMILES string of the molecule is O=S(=O)(On1c(O)c2c(c1O)-c1c-2c(O)n(OS(=O)(=O)c2cc(C(F)(F)F)cc(C(F)(F)F)c2)c1O)c1cc(C(F)(F)F)cc(C(F)(F)F)c1. The molecule has 26 heteroatoms. The Hall–Kier alpha value is -5.14. The third-order valence-corrected chi connectivity index (χ3v) is 9.03. The molecule has 0 radical (unpaired) electrons. The van der Waals surface area contributed by atoms with E-state index in [2.05, 4.69) is 8.57 Å². The van der Waals surface area contributed by atoms with Gasteiger partial charge in [-0.3, -0.25) is 8.57 Å². The summed E-state index contributed by atoms with van der Waals surface area (Å²) in [4.78, 5) is -3.60. The van der Waals surface area contributed by atoms with Crippen molar-refractivity contribution in [2.24, 2.45) is 0 Å². The molecule has 5 rings (SSSR count). The summed E-state index contributed by atoms with van der Waals surface area (Å²) < 4.78 is 217. The number of aromatic nitrogens is 2. The van der Waals surface area contributed by atoms with Crippen LogP contribution in [0.15, 0.2) is 46.2 Å². The van der Waals surface area contributed by atoms with Crippen molar-refractivity contribution in [3.05, 3.63) is 58.7 Å². The third-order valence-electron chi connectivity index (χ3n) is 6.71. The van der Waals surface area contributed by atoms with Crippen LogP contribution in [0.1, 0.15) is 22.3 Å². The zero-order chi connectivity index (χ0) is 37.9. The number of aromatic hydroxyl groups is 4. The van der Waals surface area contributed by atoms with Crippen LogP contribution in [0.4, 0.5) is 52.7 Å². The van der Waals surface area contributed by atoms with Gasteiger partial charge in [0.25, 0.3) is 0 Å². The van der Waals surface area contributed by atoms with Gasteiger partial charge in [0.15, 0.2) is 0 Å². The molecule has 0 fully saturated rings. The topological polar surface area (TPSA) is 178 Å². The fourth-order valence-corrected chi connectivity index (χ4v) is 6.44. The highest BCUT2D eigenvalue weighted by atomic mass is 32.2. The molecule has 0 amide bonds. The first-order valence-corrected chi connectivity index (χ1v) is 15.1. The zero-order valence-corrected chi connectivity index (χ0v) is 24.6. The fraction of sp³-hybridized carbons (Fsp3) is 0.167. The van der Waals surface area contributed by atoms with Gasteiger partial charge in [-0.15, -0.1) is 0 Å². The first kappa shape index (κ1) is 36.1. The average molecular weight is 778 g/mol. The number of hydrogen-bond acceptors (Lipinski definition) is 10. The maximum absolute atomic E-state index is 13.2. The lowest BCUT2D eigenvalue weighted by atomic mass is 9.86. The van der Waals surface area contributed by atoms with Gasteiger partial charge in [0.2, 0.25) is 23.5 Å². The van der Waals surface area contributed by atoms with Crippen molar-refractivity contribution in [2.45, 2.75) is 34.5 Å². The molecule has 0 bridgehead atoms. The van der Waals surface area contributed by atoms with Crippen LogP contribution in [0.2, 0.25) is 0 Å². The van der Waals surface area contributed by atoms with E-state index in [1.54, 1.807) is 0 Å². The molecule has 2 aromatic heterocycles. The second-order valence-electron chi connectivity index (χ2n) is 9.92. The van der Waals surface area contributed by atoms with Gasteiger partial charge in [0, 0.05) is 0 Å². The number of rotatable bonds is 6. The largest absolute Gasteiger partial charge is 0.492 e. The van der Waals surface area contributed by atoms with Crippen molar-refractivity contribution in [2.75, 3.05) is 0 Å². The highest BCUT2D eigenvalue weighted by molar-refractivity contribution is 7.87.